The molecule has 0 amide bonds. The number of benzene rings is 2. The summed E-state index contributed by atoms with van der Waals surface area (Å²) in [5.41, 5.74) is 7.28. The highest BCUT2D eigenvalue weighted by molar-refractivity contribution is 9.10. The molecule has 0 bridgehead atoms. The van der Waals surface area contributed by atoms with Gasteiger partial charge in [0, 0.05) is 21.7 Å². The van der Waals surface area contributed by atoms with Crippen LogP contribution in [0.1, 0.15) is 44.9 Å². The first-order chi connectivity index (χ1) is 10.6. The van der Waals surface area contributed by atoms with Crippen molar-refractivity contribution in [2.24, 2.45) is 5.73 Å². The van der Waals surface area contributed by atoms with Crippen molar-refractivity contribution >= 4 is 15.9 Å². The summed E-state index contributed by atoms with van der Waals surface area (Å²) in [6.45, 7) is 8.00. The fourth-order valence-electron chi connectivity index (χ4n) is 2.07. The Hall–Kier alpha value is -1.59. The summed E-state index contributed by atoms with van der Waals surface area (Å²) in [7, 11) is 0. The molecule has 1 unspecified atom stereocenters. The second kappa shape index (κ2) is 8.15. The van der Waals surface area contributed by atoms with Gasteiger partial charge in [-0.25, -0.2) is 4.39 Å². The quantitative estimate of drug-likeness (QED) is 0.644. The standard InChI is InChI=1S/C13H9BrFNO2.2C2H6/c14-6-1-2-11-8(3-6)12(16)9-4-7(17)5-10(15)13(9)18-11;2*1-2/h1-5,12,17H,16H2;2*1-2H3. The van der Waals surface area contributed by atoms with Gasteiger partial charge >= 0.3 is 0 Å². The van der Waals surface area contributed by atoms with Gasteiger partial charge in [0.25, 0.3) is 0 Å². The summed E-state index contributed by atoms with van der Waals surface area (Å²) in [6, 6.07) is 7.26. The van der Waals surface area contributed by atoms with Crippen LogP contribution in [0.15, 0.2) is 34.8 Å². The number of phenolic OH excluding ortho intramolecular Hbond substituents is 1. The zero-order chi connectivity index (χ0) is 16.9. The van der Waals surface area contributed by atoms with Gasteiger partial charge in [-0.1, -0.05) is 43.6 Å². The Bertz CT molecular complexity index is 647. The molecule has 1 heterocycles. The summed E-state index contributed by atoms with van der Waals surface area (Å²) in [4.78, 5) is 0. The molecule has 3 N–H and O–H groups in total. The van der Waals surface area contributed by atoms with Crippen LogP contribution in [0.25, 0.3) is 0 Å². The van der Waals surface area contributed by atoms with Gasteiger partial charge in [-0.15, -0.1) is 0 Å². The molecule has 3 nitrogen and oxygen atoms in total. The van der Waals surface area contributed by atoms with E-state index in [0.717, 1.165) is 16.1 Å². The lowest BCUT2D eigenvalue weighted by molar-refractivity contribution is 0.403. The third kappa shape index (κ3) is 3.59. The van der Waals surface area contributed by atoms with Gasteiger partial charge in [0.15, 0.2) is 11.6 Å². The molecule has 1 aliphatic heterocycles. The van der Waals surface area contributed by atoms with Gasteiger partial charge in [-0.05, 0) is 24.3 Å². The van der Waals surface area contributed by atoms with Crippen LogP contribution in [0, 0.1) is 5.82 Å². The third-order valence-corrected chi connectivity index (χ3v) is 3.40. The number of nitrogens with two attached hydrogens (primary N) is 1. The van der Waals surface area contributed by atoms with E-state index in [1.165, 1.54) is 6.07 Å². The molecule has 2 aromatic carbocycles. The Morgan fingerprint density at radius 1 is 1.09 bits per heavy atom. The Morgan fingerprint density at radius 2 is 1.73 bits per heavy atom. The molecule has 5 heteroatoms. The molecule has 0 saturated heterocycles. The van der Waals surface area contributed by atoms with Crippen LogP contribution in [0.4, 0.5) is 4.39 Å². The molecule has 0 spiro atoms. The minimum atomic E-state index is -0.617. The summed E-state index contributed by atoms with van der Waals surface area (Å²) in [5.74, 6) is -0.171. The minimum Gasteiger partial charge on any atom is -0.508 e. The van der Waals surface area contributed by atoms with Crippen LogP contribution in [0.2, 0.25) is 0 Å². The highest BCUT2D eigenvalue weighted by atomic mass is 79.9. The lowest BCUT2D eigenvalue weighted by Crippen LogP contribution is -2.18. The average Bonchev–Trinajstić information content (AvgIpc) is 2.53. The van der Waals surface area contributed by atoms with E-state index in [4.69, 9.17) is 10.5 Å². The average molecular weight is 370 g/mol. The second-order valence-corrected chi connectivity index (χ2v) is 5.02. The molecule has 120 valence electrons. The third-order valence-electron chi connectivity index (χ3n) is 2.91. The van der Waals surface area contributed by atoms with Crippen LogP contribution < -0.4 is 10.5 Å². The van der Waals surface area contributed by atoms with E-state index in [9.17, 15) is 9.50 Å². The number of aromatic hydroxyl groups is 1. The maximum absolute atomic E-state index is 13.7. The van der Waals surface area contributed by atoms with Crippen molar-refractivity contribution in [3.05, 3.63) is 51.7 Å². The Kier molecular flexibility index (Phi) is 6.84. The first kappa shape index (κ1) is 18.5. The van der Waals surface area contributed by atoms with Gasteiger partial charge in [-0.2, -0.15) is 0 Å². The molecule has 22 heavy (non-hydrogen) atoms. The summed E-state index contributed by atoms with van der Waals surface area (Å²) in [6.07, 6.45) is 0. The normalized spacial score (nSPS) is 14.2. The topological polar surface area (TPSA) is 55.5 Å². The van der Waals surface area contributed by atoms with Gasteiger partial charge in [0.1, 0.15) is 11.5 Å². The highest BCUT2D eigenvalue weighted by Crippen LogP contribution is 2.45. The molecule has 2 aromatic rings. The fourth-order valence-corrected chi connectivity index (χ4v) is 2.45. The van der Waals surface area contributed by atoms with E-state index in [1.807, 2.05) is 33.8 Å². The molecule has 1 atom stereocenters. The van der Waals surface area contributed by atoms with Crippen molar-refractivity contribution in [3.8, 4) is 17.2 Å². The van der Waals surface area contributed by atoms with Crippen LogP contribution >= 0.6 is 15.9 Å². The van der Waals surface area contributed by atoms with Crippen molar-refractivity contribution in [1.82, 2.24) is 0 Å². The summed E-state index contributed by atoms with van der Waals surface area (Å²) in [5, 5.41) is 9.43. The predicted octanol–water partition coefficient (Wildman–Crippen LogP) is 5.50. The van der Waals surface area contributed by atoms with E-state index >= 15 is 0 Å². The number of halogens is 2. The monoisotopic (exact) mass is 369 g/mol. The van der Waals surface area contributed by atoms with E-state index in [-0.39, 0.29) is 11.5 Å². The summed E-state index contributed by atoms with van der Waals surface area (Å²) >= 11 is 3.35. The van der Waals surface area contributed by atoms with Crippen molar-refractivity contribution < 1.29 is 14.2 Å². The maximum atomic E-state index is 13.7. The predicted molar refractivity (Wildman–Crippen MR) is 91.0 cm³/mol. The molecule has 1 aliphatic rings. The molecule has 0 aromatic heterocycles. The molecular weight excluding hydrogens is 349 g/mol. The zero-order valence-corrected chi connectivity index (χ0v) is 14.7. The van der Waals surface area contributed by atoms with Crippen LogP contribution in [0.3, 0.4) is 0 Å². The van der Waals surface area contributed by atoms with Gasteiger partial charge in [-0.3, -0.25) is 0 Å². The largest absolute Gasteiger partial charge is 0.508 e. The molecule has 0 saturated carbocycles. The number of hydrogen-bond acceptors (Lipinski definition) is 3. The molecule has 0 fully saturated rings. The van der Waals surface area contributed by atoms with E-state index in [0.29, 0.717) is 11.3 Å². The van der Waals surface area contributed by atoms with Crippen molar-refractivity contribution in [3.63, 3.8) is 0 Å². The zero-order valence-electron chi connectivity index (χ0n) is 13.2. The lowest BCUT2D eigenvalue weighted by Gasteiger charge is -2.26. The van der Waals surface area contributed by atoms with Gasteiger partial charge < -0.3 is 15.6 Å². The SMILES string of the molecule is CC.CC.NC1c2cc(Br)ccc2Oc2c(F)cc(O)cc21. The molecule has 3 rings (SSSR count). The summed E-state index contributed by atoms with van der Waals surface area (Å²) < 4.78 is 20.1. The number of rotatable bonds is 0. The Morgan fingerprint density at radius 3 is 2.36 bits per heavy atom. The number of phenols is 1. The van der Waals surface area contributed by atoms with Crippen molar-refractivity contribution in [2.45, 2.75) is 33.7 Å². The van der Waals surface area contributed by atoms with E-state index in [1.54, 1.807) is 12.1 Å². The molecule has 0 radical (unpaired) electrons. The van der Waals surface area contributed by atoms with Crippen LogP contribution in [0.5, 0.6) is 17.2 Å². The first-order valence-corrected chi connectivity index (χ1v) is 8.11. The number of hydrogen-bond donors (Lipinski definition) is 2. The van der Waals surface area contributed by atoms with Gasteiger partial charge in [0.05, 0.1) is 6.04 Å². The number of ether oxygens (including phenoxy) is 1. The van der Waals surface area contributed by atoms with Crippen LogP contribution in [-0.2, 0) is 0 Å². The highest BCUT2D eigenvalue weighted by Gasteiger charge is 2.27. The molecular formula is C17H21BrFNO2. The number of fused-ring (bicyclic) bond motifs is 2. The van der Waals surface area contributed by atoms with Crippen molar-refractivity contribution in [2.75, 3.05) is 0 Å². The van der Waals surface area contributed by atoms with E-state index in [2.05, 4.69) is 15.9 Å². The fraction of sp³-hybridized carbons (Fsp3) is 0.294. The van der Waals surface area contributed by atoms with E-state index < -0.39 is 11.9 Å². The first-order valence-electron chi connectivity index (χ1n) is 7.31. The lowest BCUT2D eigenvalue weighted by atomic mass is 9.95. The molecule has 0 aliphatic carbocycles. The Balaban J connectivity index is 0.000000561. The Labute approximate surface area is 139 Å². The minimum absolute atomic E-state index is 0.0788. The van der Waals surface area contributed by atoms with Gasteiger partial charge in [0.2, 0.25) is 0 Å². The van der Waals surface area contributed by atoms with Crippen molar-refractivity contribution in [1.29, 1.82) is 0 Å². The van der Waals surface area contributed by atoms with Crippen LogP contribution in [-0.4, -0.2) is 5.11 Å². The smallest absolute Gasteiger partial charge is 0.169 e. The second-order valence-electron chi connectivity index (χ2n) is 4.11. The maximum Gasteiger partial charge on any atom is 0.169 e.